The standard InChI is InChI=1S/C27H36N8O12S4/c1-15(36)28-23-13-48(38,39)32-25-19(21(30-34(23)25)11-50(42,43)44)6-5-17-7-18(10-27(3,4)9-17)8-20-22(12-51(45,46)47)31-35-24(29-16(2)37)14-49(40,41)33-26(20)35/h5-8,13-14,18,30,38-41H,9-12H2,1-4H3,(H,28,36)(H,29,37)(H,42,43,44)(H,45,46,47). The molecule has 0 radical (unpaired) electrons. The molecule has 51 heavy (non-hydrogen) atoms. The number of hydrogen-bond acceptors (Lipinski definition) is 15. The minimum Gasteiger partial charge on any atom is -0.310 e. The number of aromatic nitrogens is 2. The van der Waals surface area contributed by atoms with Crippen molar-refractivity contribution in [1.82, 2.24) is 30.8 Å². The fraction of sp³-hybridized carbons (Fsp3) is 0.370. The smallest absolute Gasteiger partial charge is 0.270 e. The van der Waals surface area contributed by atoms with Gasteiger partial charge in [-0.2, -0.15) is 26.6 Å². The minimum atomic E-state index is -4.65. The van der Waals surface area contributed by atoms with Crippen molar-refractivity contribution in [2.24, 2.45) is 20.1 Å². The molecule has 0 fully saturated rings. The predicted octanol–water partition coefficient (Wildman–Crippen LogP) is 1.14. The molecule has 1 aliphatic carbocycles. The van der Waals surface area contributed by atoms with Crippen LogP contribution in [0.4, 0.5) is 0 Å². The van der Waals surface area contributed by atoms with Crippen LogP contribution < -0.4 is 26.8 Å². The molecule has 0 aromatic carbocycles. The third-order valence-electron chi connectivity index (χ3n) is 7.45. The van der Waals surface area contributed by atoms with Crippen molar-refractivity contribution >= 4 is 71.3 Å². The van der Waals surface area contributed by atoms with Gasteiger partial charge >= 0.3 is 0 Å². The SMILES string of the molecule is CC(=O)NC1=CS(O)(O)N=C2C(C=CC3=CC(C=c4c(CS(=O)(=O)O)nn5c4=NS(O)(O)C=C5NC(C)=O)CC(C)(C)C3)=C(CS(=O)(=O)O)NN12. The topological polar surface area (TPSA) is 306 Å². The van der Waals surface area contributed by atoms with E-state index >= 15 is 0 Å². The number of allylic oxidation sites excluding steroid dienone is 3. The molecular formula is C27H36N8O12S4. The molecule has 0 saturated heterocycles. The van der Waals surface area contributed by atoms with Crippen LogP contribution in [-0.2, 0) is 35.6 Å². The van der Waals surface area contributed by atoms with Crippen molar-refractivity contribution < 1.29 is 53.7 Å². The molecule has 1 aromatic rings. The summed E-state index contributed by atoms with van der Waals surface area (Å²) in [5, 5.41) is 12.0. The Hall–Kier alpha value is -3.85. The summed E-state index contributed by atoms with van der Waals surface area (Å²) in [6, 6.07) is 0. The summed E-state index contributed by atoms with van der Waals surface area (Å²) in [6.07, 6.45) is 7.41. The highest BCUT2D eigenvalue weighted by molar-refractivity contribution is 8.26. The largest absolute Gasteiger partial charge is 0.310 e. The van der Waals surface area contributed by atoms with Gasteiger partial charge in [0, 0.05) is 24.6 Å². The second kappa shape index (κ2) is 13.3. The summed E-state index contributed by atoms with van der Waals surface area (Å²) in [4.78, 5) is 23.7. The number of carbonyl (C=O) groups is 2. The van der Waals surface area contributed by atoms with Crippen LogP contribution >= 0.6 is 21.6 Å². The number of hydrazine groups is 1. The fourth-order valence-electron chi connectivity index (χ4n) is 5.93. The van der Waals surface area contributed by atoms with Crippen LogP contribution in [0, 0.1) is 11.3 Å². The molecule has 4 heterocycles. The lowest BCUT2D eigenvalue weighted by Crippen LogP contribution is -2.44. The molecule has 0 spiro atoms. The highest BCUT2D eigenvalue weighted by atomic mass is 32.3. The van der Waals surface area contributed by atoms with Crippen LogP contribution in [0.3, 0.4) is 0 Å². The lowest BCUT2D eigenvalue weighted by Gasteiger charge is -2.34. The molecule has 5 rings (SSSR count). The molecule has 2 amide bonds. The summed E-state index contributed by atoms with van der Waals surface area (Å²) in [6.45, 7) is 6.25. The maximum absolute atomic E-state index is 12.0. The number of fused-ring (bicyclic) bond motifs is 2. The zero-order valence-corrected chi connectivity index (χ0v) is 30.6. The quantitative estimate of drug-likeness (QED) is 0.158. The van der Waals surface area contributed by atoms with Crippen molar-refractivity contribution in [2.75, 3.05) is 5.75 Å². The van der Waals surface area contributed by atoms with E-state index in [2.05, 4.69) is 30.0 Å². The van der Waals surface area contributed by atoms with Gasteiger partial charge in [-0.05, 0) is 30.3 Å². The number of nitrogens with one attached hydrogen (secondary N) is 3. The summed E-state index contributed by atoms with van der Waals surface area (Å²) < 4.78 is 118. The zero-order chi connectivity index (χ0) is 37.9. The van der Waals surface area contributed by atoms with Crippen LogP contribution in [0.1, 0.15) is 46.2 Å². The average molecular weight is 793 g/mol. The maximum atomic E-state index is 12.0. The van der Waals surface area contributed by atoms with Gasteiger partial charge in [-0.1, -0.05) is 59.2 Å². The highest BCUT2D eigenvalue weighted by Gasteiger charge is 2.37. The second-order valence-corrected chi connectivity index (χ2v) is 18.8. The third kappa shape index (κ3) is 9.53. The molecule has 0 bridgehead atoms. The lowest BCUT2D eigenvalue weighted by atomic mass is 9.72. The minimum absolute atomic E-state index is 0.0517. The fourth-order valence-corrected chi connectivity index (χ4v) is 8.96. The van der Waals surface area contributed by atoms with Gasteiger partial charge in [0.2, 0.25) is 11.8 Å². The molecule has 20 nitrogen and oxygen atoms in total. The molecule has 24 heteroatoms. The van der Waals surface area contributed by atoms with E-state index in [0.29, 0.717) is 18.4 Å². The van der Waals surface area contributed by atoms with Gasteiger partial charge < -0.3 is 10.6 Å². The highest BCUT2D eigenvalue weighted by Crippen LogP contribution is 2.48. The Morgan fingerprint density at radius 1 is 0.961 bits per heavy atom. The summed E-state index contributed by atoms with van der Waals surface area (Å²) in [7, 11) is -16.8. The van der Waals surface area contributed by atoms with Gasteiger partial charge in [0.1, 0.15) is 11.5 Å². The zero-order valence-electron chi connectivity index (χ0n) is 27.4. The Bertz CT molecular complexity index is 2250. The van der Waals surface area contributed by atoms with Crippen molar-refractivity contribution in [3.8, 4) is 0 Å². The van der Waals surface area contributed by atoms with E-state index in [1.165, 1.54) is 19.9 Å². The van der Waals surface area contributed by atoms with E-state index < -0.39 is 76.4 Å². The Balaban J connectivity index is 1.62. The van der Waals surface area contributed by atoms with Crippen molar-refractivity contribution in [3.63, 3.8) is 0 Å². The van der Waals surface area contributed by atoms with Gasteiger partial charge in [-0.25, -0.2) is 5.01 Å². The molecule has 4 aliphatic rings. The van der Waals surface area contributed by atoms with Crippen molar-refractivity contribution in [2.45, 2.75) is 46.3 Å². The molecule has 1 atom stereocenters. The second-order valence-electron chi connectivity index (χ2n) is 12.8. The Morgan fingerprint density at radius 2 is 1.55 bits per heavy atom. The number of nitrogens with zero attached hydrogens (tertiary/aromatic N) is 5. The van der Waals surface area contributed by atoms with Crippen LogP contribution in [0.5, 0.6) is 0 Å². The first-order chi connectivity index (χ1) is 23.3. The number of hydrogen-bond donors (Lipinski definition) is 9. The number of carbonyl (C=O) groups excluding carboxylic acids is 2. The first kappa shape index (κ1) is 38.4. The molecular weight excluding hydrogens is 757 g/mol. The molecule has 3 aliphatic heterocycles. The molecule has 1 aromatic heterocycles. The van der Waals surface area contributed by atoms with Crippen molar-refractivity contribution in [1.29, 1.82) is 0 Å². The van der Waals surface area contributed by atoms with Crippen LogP contribution in [-0.4, -0.2) is 82.3 Å². The Morgan fingerprint density at radius 3 is 2.16 bits per heavy atom. The summed E-state index contributed by atoms with van der Waals surface area (Å²) >= 11 is 0. The summed E-state index contributed by atoms with van der Waals surface area (Å²) in [5.41, 5.74) is 2.57. The molecule has 1 unspecified atom stereocenters. The van der Waals surface area contributed by atoms with Gasteiger partial charge in [0.25, 0.3) is 20.2 Å². The third-order valence-corrected chi connectivity index (χ3v) is 10.7. The normalized spacial score (nSPS) is 23.8. The average Bonchev–Trinajstić information content (AvgIpc) is 3.39. The van der Waals surface area contributed by atoms with Crippen LogP contribution in [0.25, 0.3) is 11.9 Å². The van der Waals surface area contributed by atoms with E-state index in [-0.39, 0.29) is 45.1 Å². The number of amidine groups is 1. The molecule has 9 N–H and O–H groups in total. The van der Waals surface area contributed by atoms with E-state index in [1.54, 1.807) is 18.2 Å². The van der Waals surface area contributed by atoms with Crippen molar-refractivity contribution in [3.05, 3.63) is 68.1 Å². The van der Waals surface area contributed by atoms with Gasteiger partial charge in [0.05, 0.1) is 22.2 Å². The number of amides is 2. The van der Waals surface area contributed by atoms with Crippen LogP contribution in [0.15, 0.2) is 60.5 Å². The van der Waals surface area contributed by atoms with E-state index in [4.69, 9.17) is 0 Å². The van der Waals surface area contributed by atoms with E-state index in [0.717, 1.165) is 20.5 Å². The van der Waals surface area contributed by atoms with Gasteiger partial charge in [-0.3, -0.25) is 42.3 Å². The van der Waals surface area contributed by atoms with Gasteiger partial charge in [0.15, 0.2) is 23.0 Å². The van der Waals surface area contributed by atoms with E-state index in [9.17, 15) is 53.7 Å². The Labute approximate surface area is 295 Å². The predicted molar refractivity (Wildman–Crippen MR) is 188 cm³/mol. The molecule has 0 saturated carbocycles. The van der Waals surface area contributed by atoms with Crippen LogP contribution in [0.2, 0.25) is 0 Å². The first-order valence-corrected chi connectivity index (χ1v) is 21.1. The number of rotatable bonds is 9. The summed E-state index contributed by atoms with van der Waals surface area (Å²) in [5.74, 6) is -4.01. The maximum Gasteiger partial charge on any atom is 0.270 e. The lowest BCUT2D eigenvalue weighted by molar-refractivity contribution is -0.119. The monoisotopic (exact) mass is 792 g/mol. The van der Waals surface area contributed by atoms with Gasteiger partial charge in [-0.15, -0.1) is 8.80 Å². The Kier molecular flexibility index (Phi) is 10.00. The first-order valence-electron chi connectivity index (χ1n) is 14.7. The van der Waals surface area contributed by atoms with E-state index in [1.807, 2.05) is 13.8 Å². The molecule has 280 valence electrons.